The van der Waals surface area contributed by atoms with Crippen molar-refractivity contribution in [1.82, 2.24) is 4.90 Å². The van der Waals surface area contributed by atoms with Crippen LogP contribution in [-0.2, 0) is 20.7 Å². The molecule has 0 heterocycles. The van der Waals surface area contributed by atoms with Gasteiger partial charge in [0.2, 0.25) is 0 Å². The number of ether oxygens (including phenoxy) is 2. The van der Waals surface area contributed by atoms with E-state index in [4.69, 9.17) is 9.47 Å². The fourth-order valence-electron chi connectivity index (χ4n) is 4.05. The lowest BCUT2D eigenvalue weighted by Crippen LogP contribution is -2.46. The molecule has 0 radical (unpaired) electrons. The highest BCUT2D eigenvalue weighted by Crippen LogP contribution is 2.27. The number of rotatable bonds is 8. The lowest BCUT2D eigenvalue weighted by atomic mass is 9.87. The van der Waals surface area contributed by atoms with Crippen molar-refractivity contribution in [1.29, 1.82) is 0 Å². The Hall–Kier alpha value is -2.04. The zero-order chi connectivity index (χ0) is 19.6. The molecule has 0 aliphatic heterocycles. The molecule has 1 saturated carbocycles. The Bertz CT molecular complexity index is 583. The lowest BCUT2D eigenvalue weighted by molar-refractivity contribution is -0.145. The van der Waals surface area contributed by atoms with Gasteiger partial charge in [-0.05, 0) is 37.2 Å². The number of hydrogen-bond donors (Lipinski definition) is 0. The molecule has 0 aromatic heterocycles. The Morgan fingerprint density at radius 1 is 1.07 bits per heavy atom. The van der Waals surface area contributed by atoms with E-state index >= 15 is 0 Å². The van der Waals surface area contributed by atoms with Crippen LogP contribution in [-0.4, -0.2) is 43.8 Å². The minimum Gasteiger partial charge on any atom is -0.469 e. The Labute approximate surface area is 163 Å². The highest BCUT2D eigenvalue weighted by molar-refractivity contribution is 5.72. The number of nitrogens with zero attached hydrogens (tertiary/aromatic N) is 1. The van der Waals surface area contributed by atoms with E-state index in [0.717, 1.165) is 18.4 Å². The third-order valence-corrected chi connectivity index (χ3v) is 5.57. The molecule has 1 aromatic rings. The van der Waals surface area contributed by atoms with Crippen molar-refractivity contribution in [2.45, 2.75) is 57.9 Å². The van der Waals surface area contributed by atoms with Crippen LogP contribution >= 0.6 is 0 Å². The Morgan fingerprint density at radius 2 is 1.74 bits per heavy atom. The third-order valence-electron chi connectivity index (χ3n) is 5.57. The first-order valence-corrected chi connectivity index (χ1v) is 10.0. The predicted molar refractivity (Wildman–Crippen MR) is 105 cm³/mol. The predicted octanol–water partition coefficient (Wildman–Crippen LogP) is 4.45. The summed E-state index contributed by atoms with van der Waals surface area (Å²) in [5.41, 5.74) is 1.15. The van der Waals surface area contributed by atoms with Crippen LogP contribution in [0.4, 0.5) is 4.79 Å². The van der Waals surface area contributed by atoms with Crippen LogP contribution in [0.1, 0.15) is 51.0 Å². The molecule has 5 heteroatoms. The van der Waals surface area contributed by atoms with Crippen LogP contribution in [0.3, 0.4) is 0 Å². The van der Waals surface area contributed by atoms with Crippen molar-refractivity contribution in [3.8, 4) is 0 Å². The summed E-state index contributed by atoms with van der Waals surface area (Å²) in [6.45, 7) is 2.55. The van der Waals surface area contributed by atoms with E-state index in [1.54, 1.807) is 0 Å². The molecule has 1 amide bonds. The van der Waals surface area contributed by atoms with Crippen molar-refractivity contribution in [3.63, 3.8) is 0 Å². The molecule has 1 aromatic carbocycles. The van der Waals surface area contributed by atoms with Gasteiger partial charge in [0.15, 0.2) is 0 Å². The fourth-order valence-corrected chi connectivity index (χ4v) is 4.05. The van der Waals surface area contributed by atoms with Crippen LogP contribution in [0, 0.1) is 11.8 Å². The number of esters is 1. The van der Waals surface area contributed by atoms with E-state index in [1.165, 1.54) is 33.5 Å². The molecule has 1 aliphatic carbocycles. The molecular formula is C22H33NO4. The molecule has 0 N–H and O–H groups in total. The van der Waals surface area contributed by atoms with Gasteiger partial charge in [-0.15, -0.1) is 0 Å². The van der Waals surface area contributed by atoms with Gasteiger partial charge in [0.25, 0.3) is 0 Å². The molecule has 150 valence electrons. The number of carbonyl (C=O) groups is 2. The van der Waals surface area contributed by atoms with Crippen molar-refractivity contribution < 1.29 is 19.1 Å². The monoisotopic (exact) mass is 375 g/mol. The number of amides is 1. The highest BCUT2D eigenvalue weighted by Gasteiger charge is 2.31. The second kappa shape index (κ2) is 11.0. The molecule has 2 atom stereocenters. The SMILES string of the molecule is COC(=O)C(C)CC(Cc1ccccc1)N(CC1CCCCC1)C(=O)OC. The lowest BCUT2D eigenvalue weighted by Gasteiger charge is -2.35. The standard InChI is InChI=1S/C22H33NO4/c1-17(21(24)26-2)14-20(15-18-10-6-4-7-11-18)23(22(25)27-3)16-19-12-8-5-9-13-19/h4,6-7,10-11,17,19-20H,5,8-9,12-16H2,1-3H3. The van der Waals surface area contributed by atoms with E-state index in [0.29, 0.717) is 25.3 Å². The van der Waals surface area contributed by atoms with Crippen molar-refractivity contribution >= 4 is 12.1 Å². The average molecular weight is 376 g/mol. The van der Waals surface area contributed by atoms with Crippen LogP contribution in [0.2, 0.25) is 0 Å². The van der Waals surface area contributed by atoms with Gasteiger partial charge in [0.1, 0.15) is 0 Å². The van der Waals surface area contributed by atoms with Gasteiger partial charge in [0.05, 0.1) is 20.1 Å². The fraction of sp³-hybridized carbons (Fsp3) is 0.636. The molecule has 0 spiro atoms. The summed E-state index contributed by atoms with van der Waals surface area (Å²) in [6, 6.07) is 10.0. The summed E-state index contributed by atoms with van der Waals surface area (Å²) >= 11 is 0. The first kappa shape index (κ1) is 21.3. The van der Waals surface area contributed by atoms with Crippen molar-refractivity contribution in [3.05, 3.63) is 35.9 Å². The first-order chi connectivity index (χ1) is 13.0. The number of carbonyl (C=O) groups excluding carboxylic acids is 2. The zero-order valence-corrected chi connectivity index (χ0v) is 16.9. The zero-order valence-electron chi connectivity index (χ0n) is 16.9. The average Bonchev–Trinajstić information content (AvgIpc) is 2.71. The van der Waals surface area contributed by atoms with Gasteiger partial charge in [-0.3, -0.25) is 4.79 Å². The van der Waals surface area contributed by atoms with Crippen molar-refractivity contribution in [2.24, 2.45) is 11.8 Å². The topological polar surface area (TPSA) is 55.8 Å². The minimum absolute atomic E-state index is 0.101. The molecule has 0 saturated heterocycles. The summed E-state index contributed by atoms with van der Waals surface area (Å²) < 4.78 is 10.0. The van der Waals surface area contributed by atoms with Gasteiger partial charge in [0, 0.05) is 12.6 Å². The Morgan fingerprint density at radius 3 is 2.33 bits per heavy atom. The molecule has 27 heavy (non-hydrogen) atoms. The van der Waals surface area contributed by atoms with E-state index in [1.807, 2.05) is 30.0 Å². The molecule has 1 fully saturated rings. The number of benzene rings is 1. The molecule has 0 bridgehead atoms. The highest BCUT2D eigenvalue weighted by atomic mass is 16.5. The number of hydrogen-bond acceptors (Lipinski definition) is 4. The van der Waals surface area contributed by atoms with Crippen LogP contribution < -0.4 is 0 Å². The van der Waals surface area contributed by atoms with Gasteiger partial charge in [-0.1, -0.05) is 56.5 Å². The normalized spacial score (nSPS) is 17.0. The quantitative estimate of drug-likeness (QED) is 0.630. The maximum Gasteiger partial charge on any atom is 0.409 e. The Balaban J connectivity index is 2.20. The van der Waals surface area contributed by atoms with E-state index in [-0.39, 0.29) is 24.0 Å². The first-order valence-electron chi connectivity index (χ1n) is 10.0. The maximum absolute atomic E-state index is 12.6. The van der Waals surface area contributed by atoms with Gasteiger partial charge < -0.3 is 14.4 Å². The van der Waals surface area contributed by atoms with Crippen LogP contribution in [0.15, 0.2) is 30.3 Å². The molecular weight excluding hydrogens is 342 g/mol. The molecule has 2 rings (SSSR count). The van der Waals surface area contributed by atoms with Crippen molar-refractivity contribution in [2.75, 3.05) is 20.8 Å². The van der Waals surface area contributed by atoms with Crippen LogP contribution in [0.25, 0.3) is 0 Å². The van der Waals surface area contributed by atoms with Crippen LogP contribution in [0.5, 0.6) is 0 Å². The summed E-state index contributed by atoms with van der Waals surface area (Å²) in [6.07, 6.45) is 6.98. The van der Waals surface area contributed by atoms with Gasteiger partial charge in [-0.25, -0.2) is 4.79 Å². The smallest absolute Gasteiger partial charge is 0.409 e. The molecule has 1 aliphatic rings. The van der Waals surface area contributed by atoms with E-state index in [2.05, 4.69) is 12.1 Å². The van der Waals surface area contributed by atoms with Gasteiger partial charge in [-0.2, -0.15) is 0 Å². The number of methoxy groups -OCH3 is 2. The second-order valence-electron chi connectivity index (χ2n) is 7.63. The van der Waals surface area contributed by atoms with Gasteiger partial charge >= 0.3 is 12.1 Å². The van der Waals surface area contributed by atoms with E-state index in [9.17, 15) is 9.59 Å². The summed E-state index contributed by atoms with van der Waals surface area (Å²) in [4.78, 5) is 26.5. The third kappa shape index (κ3) is 6.56. The minimum atomic E-state index is -0.307. The maximum atomic E-state index is 12.6. The second-order valence-corrected chi connectivity index (χ2v) is 7.63. The summed E-state index contributed by atoms with van der Waals surface area (Å²) in [5.74, 6) is -0.0117. The molecule has 2 unspecified atom stereocenters. The largest absolute Gasteiger partial charge is 0.469 e. The summed E-state index contributed by atoms with van der Waals surface area (Å²) in [7, 11) is 2.84. The van der Waals surface area contributed by atoms with E-state index < -0.39 is 0 Å². The molecule has 5 nitrogen and oxygen atoms in total. The summed E-state index contributed by atoms with van der Waals surface area (Å²) in [5, 5.41) is 0. The Kier molecular flexibility index (Phi) is 8.62.